The Kier molecular flexibility index (Phi) is 2.27. The summed E-state index contributed by atoms with van der Waals surface area (Å²) >= 11 is 0. The van der Waals surface area contributed by atoms with E-state index in [0.717, 1.165) is 18.9 Å². The summed E-state index contributed by atoms with van der Waals surface area (Å²) in [4.78, 5) is 2.23. The van der Waals surface area contributed by atoms with Crippen molar-refractivity contribution in [2.75, 3.05) is 23.4 Å². The van der Waals surface area contributed by atoms with E-state index in [1.54, 1.807) is 0 Å². The van der Waals surface area contributed by atoms with Crippen LogP contribution in [-0.2, 0) is 0 Å². The molecule has 3 N–H and O–H groups in total. The number of nitrogens with one attached hydrogen (secondary N) is 1. The molecular weight excluding hydrogens is 166 g/mol. The van der Waals surface area contributed by atoms with Gasteiger partial charge in [0, 0.05) is 13.1 Å². The highest BCUT2D eigenvalue weighted by Gasteiger charge is 2.13. The van der Waals surface area contributed by atoms with Gasteiger partial charge in [0.2, 0.25) is 0 Å². The smallest absolute Gasteiger partial charge is 0.162 e. The third-order valence-electron chi connectivity index (χ3n) is 2.23. The van der Waals surface area contributed by atoms with Crippen LogP contribution in [0.1, 0.15) is 12.8 Å². The fraction of sp³-hybridized carbons (Fsp3) is 0.500. The van der Waals surface area contributed by atoms with Gasteiger partial charge in [0.1, 0.15) is 0 Å². The fourth-order valence-electron chi connectivity index (χ4n) is 1.52. The number of anilines is 2. The fourth-order valence-corrected chi connectivity index (χ4v) is 1.52. The van der Waals surface area contributed by atoms with Crippen molar-refractivity contribution in [1.82, 2.24) is 10.2 Å². The second-order valence-electron chi connectivity index (χ2n) is 3.12. The Morgan fingerprint density at radius 1 is 1.23 bits per heavy atom. The maximum atomic E-state index is 5.19. The summed E-state index contributed by atoms with van der Waals surface area (Å²) in [5.74, 6) is 6.73. The number of nitrogens with zero attached hydrogens (tertiary/aromatic N) is 3. The molecule has 1 aromatic heterocycles. The zero-order valence-corrected chi connectivity index (χ0v) is 7.40. The van der Waals surface area contributed by atoms with Crippen molar-refractivity contribution < 1.29 is 0 Å². The third kappa shape index (κ3) is 1.70. The molecule has 0 aromatic carbocycles. The van der Waals surface area contributed by atoms with Crippen molar-refractivity contribution in [2.45, 2.75) is 12.8 Å². The van der Waals surface area contributed by atoms with Gasteiger partial charge in [-0.15, -0.1) is 10.2 Å². The Balaban J connectivity index is 2.12. The molecule has 1 aliphatic heterocycles. The highest BCUT2D eigenvalue weighted by molar-refractivity contribution is 5.43. The zero-order valence-electron chi connectivity index (χ0n) is 7.40. The van der Waals surface area contributed by atoms with Gasteiger partial charge < -0.3 is 10.3 Å². The zero-order chi connectivity index (χ0) is 9.10. The molecule has 0 spiro atoms. The molecule has 0 radical (unpaired) electrons. The Hall–Kier alpha value is -1.36. The minimum absolute atomic E-state index is 0.600. The lowest BCUT2D eigenvalue weighted by molar-refractivity contribution is 0.893. The van der Waals surface area contributed by atoms with E-state index in [0.29, 0.717) is 5.82 Å². The summed E-state index contributed by atoms with van der Waals surface area (Å²) in [5, 5.41) is 7.98. The van der Waals surface area contributed by atoms with E-state index in [4.69, 9.17) is 5.84 Å². The number of rotatable bonds is 2. The normalized spacial score (nSPS) is 16.2. The Morgan fingerprint density at radius 2 is 2.00 bits per heavy atom. The predicted molar refractivity (Wildman–Crippen MR) is 51.3 cm³/mol. The third-order valence-corrected chi connectivity index (χ3v) is 2.23. The average Bonchev–Trinajstić information content (AvgIpc) is 2.71. The molecule has 13 heavy (non-hydrogen) atoms. The maximum Gasteiger partial charge on any atom is 0.162 e. The number of hydrogen-bond acceptors (Lipinski definition) is 5. The summed E-state index contributed by atoms with van der Waals surface area (Å²) in [7, 11) is 0. The molecule has 0 bridgehead atoms. The van der Waals surface area contributed by atoms with Crippen LogP contribution in [0.2, 0.25) is 0 Å². The quantitative estimate of drug-likeness (QED) is 0.507. The molecule has 1 aliphatic rings. The van der Waals surface area contributed by atoms with E-state index in [-0.39, 0.29) is 0 Å². The van der Waals surface area contributed by atoms with E-state index < -0.39 is 0 Å². The molecule has 70 valence electrons. The Bertz CT molecular complexity index is 264. The van der Waals surface area contributed by atoms with Gasteiger partial charge in [-0.2, -0.15) is 0 Å². The van der Waals surface area contributed by atoms with Gasteiger partial charge in [-0.05, 0) is 25.0 Å². The van der Waals surface area contributed by atoms with Crippen LogP contribution in [0.3, 0.4) is 0 Å². The first-order chi connectivity index (χ1) is 6.40. The number of hydrogen-bond donors (Lipinski definition) is 2. The number of hydrazine groups is 1. The van der Waals surface area contributed by atoms with Crippen molar-refractivity contribution in [3.05, 3.63) is 12.1 Å². The van der Waals surface area contributed by atoms with Crippen LogP contribution >= 0.6 is 0 Å². The first-order valence-corrected chi connectivity index (χ1v) is 4.45. The van der Waals surface area contributed by atoms with E-state index in [9.17, 15) is 0 Å². The highest BCUT2D eigenvalue weighted by atomic mass is 15.3. The molecule has 0 unspecified atom stereocenters. The molecular formula is C8H13N5. The second-order valence-corrected chi connectivity index (χ2v) is 3.12. The predicted octanol–water partition coefficient (Wildman–Crippen LogP) is 0.362. The van der Waals surface area contributed by atoms with Crippen LogP contribution in [0.4, 0.5) is 11.6 Å². The lowest BCUT2D eigenvalue weighted by Crippen LogP contribution is -2.19. The van der Waals surface area contributed by atoms with E-state index in [1.165, 1.54) is 12.8 Å². The van der Waals surface area contributed by atoms with Crippen LogP contribution < -0.4 is 16.2 Å². The Labute approximate surface area is 76.9 Å². The molecule has 0 atom stereocenters. The van der Waals surface area contributed by atoms with Gasteiger partial charge in [0.15, 0.2) is 11.6 Å². The van der Waals surface area contributed by atoms with E-state index in [1.807, 2.05) is 12.1 Å². The first-order valence-electron chi connectivity index (χ1n) is 4.45. The van der Waals surface area contributed by atoms with Crippen molar-refractivity contribution >= 4 is 11.6 Å². The average molecular weight is 179 g/mol. The highest BCUT2D eigenvalue weighted by Crippen LogP contribution is 2.16. The van der Waals surface area contributed by atoms with Crippen LogP contribution in [0.5, 0.6) is 0 Å². The van der Waals surface area contributed by atoms with Crippen LogP contribution in [0, 0.1) is 0 Å². The standard InChI is InChI=1S/C8H13N5/c9-10-7-3-4-8(12-11-7)13-5-1-2-6-13/h3-4H,1-2,5-6,9H2,(H,10,11). The van der Waals surface area contributed by atoms with Crippen LogP contribution in [0.15, 0.2) is 12.1 Å². The number of nitrogen functional groups attached to an aromatic ring is 1. The van der Waals surface area contributed by atoms with Crippen LogP contribution in [-0.4, -0.2) is 23.3 Å². The summed E-state index contributed by atoms with van der Waals surface area (Å²) < 4.78 is 0. The van der Waals surface area contributed by atoms with Crippen LogP contribution in [0.25, 0.3) is 0 Å². The van der Waals surface area contributed by atoms with Gasteiger partial charge in [0.25, 0.3) is 0 Å². The second kappa shape index (κ2) is 3.57. The molecule has 1 saturated heterocycles. The molecule has 2 heterocycles. The van der Waals surface area contributed by atoms with Gasteiger partial charge in [-0.25, -0.2) is 5.84 Å². The molecule has 0 saturated carbocycles. The molecule has 0 amide bonds. The minimum Gasteiger partial charge on any atom is -0.355 e. The van der Waals surface area contributed by atoms with Crippen molar-refractivity contribution in [2.24, 2.45) is 5.84 Å². The van der Waals surface area contributed by atoms with E-state index in [2.05, 4.69) is 20.5 Å². The molecule has 0 aliphatic carbocycles. The summed E-state index contributed by atoms with van der Waals surface area (Å²) in [6.45, 7) is 2.17. The largest absolute Gasteiger partial charge is 0.355 e. The van der Waals surface area contributed by atoms with E-state index >= 15 is 0 Å². The molecule has 5 nitrogen and oxygen atoms in total. The first kappa shape index (κ1) is 8.25. The lowest BCUT2D eigenvalue weighted by Gasteiger charge is -2.14. The van der Waals surface area contributed by atoms with Gasteiger partial charge in [-0.3, -0.25) is 0 Å². The summed E-state index contributed by atoms with van der Waals surface area (Å²) in [6.07, 6.45) is 2.50. The number of nitrogens with two attached hydrogens (primary N) is 1. The maximum absolute atomic E-state index is 5.19. The molecule has 2 rings (SSSR count). The minimum atomic E-state index is 0.600. The summed E-state index contributed by atoms with van der Waals surface area (Å²) in [6, 6.07) is 3.77. The molecule has 5 heteroatoms. The lowest BCUT2D eigenvalue weighted by atomic mass is 10.4. The van der Waals surface area contributed by atoms with Gasteiger partial charge >= 0.3 is 0 Å². The topological polar surface area (TPSA) is 67.1 Å². The van der Waals surface area contributed by atoms with Gasteiger partial charge in [0.05, 0.1) is 0 Å². The SMILES string of the molecule is NNc1ccc(N2CCCC2)nn1. The molecule has 1 aromatic rings. The molecule has 1 fully saturated rings. The van der Waals surface area contributed by atoms with Crippen molar-refractivity contribution in [3.63, 3.8) is 0 Å². The summed E-state index contributed by atoms with van der Waals surface area (Å²) in [5.41, 5.74) is 2.45. The Morgan fingerprint density at radius 3 is 2.54 bits per heavy atom. The van der Waals surface area contributed by atoms with Crippen molar-refractivity contribution in [3.8, 4) is 0 Å². The number of aromatic nitrogens is 2. The monoisotopic (exact) mass is 179 g/mol. The van der Waals surface area contributed by atoms with Crippen molar-refractivity contribution in [1.29, 1.82) is 0 Å². The van der Waals surface area contributed by atoms with Gasteiger partial charge in [-0.1, -0.05) is 0 Å².